The second-order valence-electron chi connectivity index (χ2n) is 5.94. The molecule has 1 saturated carbocycles. The molecule has 3 amide bonds. The van der Waals surface area contributed by atoms with Crippen LogP contribution in [0.2, 0.25) is 0 Å². The van der Waals surface area contributed by atoms with Gasteiger partial charge in [0, 0.05) is 11.5 Å². The lowest BCUT2D eigenvalue weighted by atomic mass is 9.91. The Bertz CT molecular complexity index is 696. The predicted molar refractivity (Wildman–Crippen MR) is 81.1 cm³/mol. The number of hydrogen-bond acceptors (Lipinski definition) is 4. The van der Waals surface area contributed by atoms with Crippen LogP contribution in [0.1, 0.15) is 30.1 Å². The Balaban J connectivity index is 1.66. The lowest BCUT2D eigenvalue weighted by Gasteiger charge is -2.23. The quantitative estimate of drug-likeness (QED) is 0.562. The number of ketones is 1. The topological polar surface area (TPSA) is 104 Å². The molecular weight excluding hydrogens is 298 g/mol. The Morgan fingerprint density at radius 3 is 2.57 bits per heavy atom. The summed E-state index contributed by atoms with van der Waals surface area (Å²) in [6.07, 6.45) is 2.01. The van der Waals surface area contributed by atoms with Crippen molar-refractivity contribution >= 4 is 29.2 Å². The molecule has 0 saturated heterocycles. The zero-order chi connectivity index (χ0) is 16.6. The third-order valence-corrected chi connectivity index (χ3v) is 4.29. The Morgan fingerprint density at radius 2 is 1.87 bits per heavy atom. The number of carbonyl (C=O) groups is 4. The Hall–Kier alpha value is -2.70. The summed E-state index contributed by atoms with van der Waals surface area (Å²) in [5.41, 5.74) is 5.15. The SMILES string of the molecule is CC(C(=O)NNC(=O)C1C(=O)Nc2ccccc2C1=O)C1CC1. The third-order valence-electron chi connectivity index (χ3n) is 4.29. The minimum absolute atomic E-state index is 0.202. The van der Waals surface area contributed by atoms with Gasteiger partial charge in [0.1, 0.15) is 0 Å². The number of fused-ring (bicyclic) bond motifs is 1. The molecule has 23 heavy (non-hydrogen) atoms. The third kappa shape index (κ3) is 2.94. The fourth-order valence-corrected chi connectivity index (χ4v) is 2.64. The second-order valence-corrected chi connectivity index (χ2v) is 5.94. The number of anilines is 1. The maximum Gasteiger partial charge on any atom is 0.258 e. The first-order valence-electron chi connectivity index (χ1n) is 7.53. The highest BCUT2D eigenvalue weighted by atomic mass is 16.2. The minimum atomic E-state index is -1.50. The molecule has 3 rings (SSSR count). The van der Waals surface area contributed by atoms with E-state index in [4.69, 9.17) is 0 Å². The van der Waals surface area contributed by atoms with E-state index in [1.165, 1.54) is 0 Å². The van der Waals surface area contributed by atoms with Crippen LogP contribution in [0.4, 0.5) is 5.69 Å². The van der Waals surface area contributed by atoms with Gasteiger partial charge in [0.25, 0.3) is 5.91 Å². The highest BCUT2D eigenvalue weighted by molar-refractivity contribution is 6.30. The summed E-state index contributed by atoms with van der Waals surface area (Å²) in [5, 5.41) is 2.53. The average molecular weight is 315 g/mol. The van der Waals surface area contributed by atoms with Crippen LogP contribution < -0.4 is 16.2 Å². The summed E-state index contributed by atoms with van der Waals surface area (Å²) in [6.45, 7) is 1.79. The molecule has 1 aromatic rings. The number of nitrogens with one attached hydrogen (secondary N) is 3. The van der Waals surface area contributed by atoms with E-state index in [9.17, 15) is 19.2 Å². The van der Waals surface area contributed by atoms with Gasteiger partial charge in [-0.3, -0.25) is 30.0 Å². The standard InChI is InChI=1S/C16H17N3O4/c1-8(9-6-7-9)14(21)18-19-16(23)12-13(20)10-4-2-3-5-11(10)17-15(12)22/h2-5,8-9,12H,6-7H2,1H3,(H,17,22)(H,18,21)(H,19,23). The molecule has 2 aliphatic rings. The maximum atomic E-state index is 12.3. The maximum absolute atomic E-state index is 12.3. The van der Waals surface area contributed by atoms with Gasteiger partial charge in [0.15, 0.2) is 11.7 Å². The summed E-state index contributed by atoms with van der Waals surface area (Å²) < 4.78 is 0. The van der Waals surface area contributed by atoms with Crippen molar-refractivity contribution in [1.82, 2.24) is 10.9 Å². The van der Waals surface area contributed by atoms with Crippen LogP contribution in [0.15, 0.2) is 24.3 Å². The number of amides is 3. The van der Waals surface area contributed by atoms with Gasteiger partial charge < -0.3 is 5.32 Å². The first kappa shape index (κ1) is 15.2. The molecular formula is C16H17N3O4. The smallest absolute Gasteiger partial charge is 0.258 e. The van der Waals surface area contributed by atoms with Gasteiger partial charge in [0.05, 0.1) is 5.69 Å². The molecule has 0 radical (unpaired) electrons. The second kappa shape index (κ2) is 5.83. The van der Waals surface area contributed by atoms with E-state index in [2.05, 4.69) is 16.2 Å². The number of benzene rings is 1. The largest absolute Gasteiger partial charge is 0.324 e. The molecule has 2 unspecified atom stereocenters. The molecule has 7 heteroatoms. The molecule has 0 aromatic heterocycles. The molecule has 120 valence electrons. The van der Waals surface area contributed by atoms with E-state index in [0.29, 0.717) is 11.6 Å². The van der Waals surface area contributed by atoms with Crippen LogP contribution in [0.25, 0.3) is 0 Å². The van der Waals surface area contributed by atoms with Gasteiger partial charge in [-0.1, -0.05) is 19.1 Å². The fraction of sp³-hybridized carbons (Fsp3) is 0.375. The van der Waals surface area contributed by atoms with E-state index < -0.39 is 23.5 Å². The zero-order valence-corrected chi connectivity index (χ0v) is 12.6. The van der Waals surface area contributed by atoms with Gasteiger partial charge in [-0.2, -0.15) is 0 Å². The van der Waals surface area contributed by atoms with E-state index in [0.717, 1.165) is 12.8 Å². The number of Topliss-reactive ketones (excluding diaryl/α,β-unsaturated/α-hetero) is 1. The average Bonchev–Trinajstić information content (AvgIpc) is 3.36. The van der Waals surface area contributed by atoms with Crippen molar-refractivity contribution in [1.29, 1.82) is 0 Å². The van der Waals surface area contributed by atoms with Gasteiger partial charge in [0.2, 0.25) is 11.8 Å². The van der Waals surface area contributed by atoms with Crippen LogP contribution >= 0.6 is 0 Å². The van der Waals surface area contributed by atoms with Crippen LogP contribution in [0.3, 0.4) is 0 Å². The molecule has 0 bridgehead atoms. The van der Waals surface area contributed by atoms with Gasteiger partial charge in [-0.25, -0.2) is 0 Å². The highest BCUT2D eigenvalue weighted by Crippen LogP contribution is 2.36. The highest BCUT2D eigenvalue weighted by Gasteiger charge is 2.40. The van der Waals surface area contributed by atoms with Crippen molar-refractivity contribution in [3.63, 3.8) is 0 Å². The summed E-state index contributed by atoms with van der Waals surface area (Å²) in [7, 11) is 0. The monoisotopic (exact) mass is 315 g/mol. The van der Waals surface area contributed by atoms with Crippen LogP contribution in [0.5, 0.6) is 0 Å². The van der Waals surface area contributed by atoms with Crippen LogP contribution in [-0.4, -0.2) is 23.5 Å². The summed E-state index contributed by atoms with van der Waals surface area (Å²) in [5.74, 6) is -3.78. The molecule has 1 fully saturated rings. The normalized spacial score (nSPS) is 21.0. The van der Waals surface area contributed by atoms with Gasteiger partial charge in [-0.15, -0.1) is 0 Å². The van der Waals surface area contributed by atoms with E-state index in [1.807, 2.05) is 0 Å². The zero-order valence-electron chi connectivity index (χ0n) is 12.6. The number of rotatable bonds is 3. The van der Waals surface area contributed by atoms with Crippen molar-refractivity contribution in [2.45, 2.75) is 19.8 Å². The summed E-state index contributed by atoms with van der Waals surface area (Å²) >= 11 is 0. The van der Waals surface area contributed by atoms with Gasteiger partial charge in [-0.05, 0) is 30.9 Å². The van der Waals surface area contributed by atoms with Crippen LogP contribution in [0, 0.1) is 17.8 Å². The van der Waals surface area contributed by atoms with Crippen molar-refractivity contribution < 1.29 is 19.2 Å². The van der Waals surface area contributed by atoms with E-state index in [-0.39, 0.29) is 17.4 Å². The molecule has 1 aromatic carbocycles. The molecule has 3 N–H and O–H groups in total. The fourth-order valence-electron chi connectivity index (χ4n) is 2.64. The lowest BCUT2D eigenvalue weighted by Crippen LogP contribution is -2.52. The molecule has 7 nitrogen and oxygen atoms in total. The number of hydrazine groups is 1. The van der Waals surface area contributed by atoms with E-state index >= 15 is 0 Å². The number of hydrogen-bond donors (Lipinski definition) is 3. The minimum Gasteiger partial charge on any atom is -0.324 e. The Labute approximate surface area is 132 Å². The van der Waals surface area contributed by atoms with Crippen molar-refractivity contribution in [3.8, 4) is 0 Å². The van der Waals surface area contributed by atoms with Crippen molar-refractivity contribution in [2.75, 3.05) is 5.32 Å². The first-order chi connectivity index (χ1) is 11.0. The van der Waals surface area contributed by atoms with Crippen molar-refractivity contribution in [3.05, 3.63) is 29.8 Å². The van der Waals surface area contributed by atoms with Gasteiger partial charge >= 0.3 is 0 Å². The van der Waals surface area contributed by atoms with Crippen LogP contribution in [-0.2, 0) is 14.4 Å². The number of carbonyl (C=O) groups excluding carboxylic acids is 4. The predicted octanol–water partition coefficient (Wildman–Crippen LogP) is 0.631. The van der Waals surface area contributed by atoms with Crippen molar-refractivity contribution in [2.24, 2.45) is 17.8 Å². The summed E-state index contributed by atoms with van der Waals surface area (Å²) in [4.78, 5) is 48.3. The molecule has 1 aliphatic heterocycles. The van der Waals surface area contributed by atoms with E-state index in [1.54, 1.807) is 31.2 Å². The summed E-state index contributed by atoms with van der Waals surface area (Å²) in [6, 6.07) is 6.48. The first-order valence-corrected chi connectivity index (χ1v) is 7.53. The Morgan fingerprint density at radius 1 is 1.17 bits per heavy atom. The molecule has 1 aliphatic carbocycles. The molecule has 2 atom stereocenters. The lowest BCUT2D eigenvalue weighted by molar-refractivity contribution is -0.135. The molecule has 0 spiro atoms. The number of para-hydroxylation sites is 1. The molecule has 1 heterocycles. The Kier molecular flexibility index (Phi) is 3.85.